The molecule has 0 radical (unpaired) electrons. The minimum Gasteiger partial charge on any atom is -1.00 e. The van der Waals surface area contributed by atoms with Crippen LogP contribution in [0.1, 0.15) is 36.1 Å². The molecule has 11 nitrogen and oxygen atoms in total. The second-order valence-electron chi connectivity index (χ2n) is 7.16. The average Bonchev–Trinajstić information content (AvgIpc) is 3.11. The number of nitrogens with two attached hydrogens (primary N) is 2. The highest BCUT2D eigenvalue weighted by Crippen LogP contribution is 2.22. The highest BCUT2D eigenvalue weighted by molar-refractivity contribution is 6.31. The Morgan fingerprint density at radius 2 is 1.94 bits per heavy atom. The summed E-state index contributed by atoms with van der Waals surface area (Å²) in [5.41, 5.74) is 13.2. The smallest absolute Gasteiger partial charge is 0.305 e. The van der Waals surface area contributed by atoms with Crippen molar-refractivity contribution < 1.29 is 47.6 Å². The van der Waals surface area contributed by atoms with Crippen LogP contribution >= 0.6 is 11.6 Å². The van der Waals surface area contributed by atoms with Crippen molar-refractivity contribution in [1.29, 1.82) is 0 Å². The minimum atomic E-state index is -0.534. The van der Waals surface area contributed by atoms with Gasteiger partial charge in [0.15, 0.2) is 33.5 Å². The van der Waals surface area contributed by atoms with Crippen LogP contribution < -0.4 is 50.1 Å². The number of nitrogen functional groups attached to an aromatic ring is 2. The number of methoxy groups -OCH3 is 2. The number of carbonyl (C=O) groups excluding carboxylic acids is 2. The number of rotatable bonds is 9. The van der Waals surface area contributed by atoms with Crippen LogP contribution in [0, 0.1) is 0 Å². The Bertz CT molecular complexity index is 1200. The molecule has 0 unspecified atom stereocenters. The number of benzene rings is 1. The number of carbonyl (C=O) groups is 2. The van der Waals surface area contributed by atoms with E-state index in [0.29, 0.717) is 25.3 Å². The topological polar surface area (TPSA) is 151 Å². The fraction of sp³-hybridized carbons (Fsp3) is 0.381. The molecule has 13 heteroatoms. The van der Waals surface area contributed by atoms with Crippen molar-refractivity contribution >= 4 is 46.1 Å². The summed E-state index contributed by atoms with van der Waals surface area (Å²) in [6.45, 7) is 3.37. The maximum atomic E-state index is 12.8. The van der Waals surface area contributed by atoms with Crippen LogP contribution in [0.5, 0.6) is 5.75 Å². The molecule has 2 aromatic heterocycles. The van der Waals surface area contributed by atoms with Gasteiger partial charge in [0.1, 0.15) is 12.3 Å². The number of nitrogens with one attached hydrogen (secondary N) is 1. The van der Waals surface area contributed by atoms with Crippen molar-refractivity contribution in [2.75, 3.05) is 25.7 Å². The quantitative estimate of drug-likeness (QED) is 0.151. The molecule has 0 fully saturated rings. The van der Waals surface area contributed by atoms with Crippen molar-refractivity contribution in [2.24, 2.45) is 0 Å². The first-order valence-corrected chi connectivity index (χ1v) is 10.7. The Morgan fingerprint density at radius 3 is 2.59 bits per heavy atom. The molecule has 2 heterocycles. The van der Waals surface area contributed by atoms with Crippen molar-refractivity contribution in [3.05, 3.63) is 34.9 Å². The summed E-state index contributed by atoms with van der Waals surface area (Å²) in [4.78, 5) is 32.2. The van der Waals surface area contributed by atoms with E-state index in [1.807, 2.05) is 25.1 Å². The van der Waals surface area contributed by atoms with Crippen molar-refractivity contribution in [2.45, 2.75) is 39.4 Å². The van der Waals surface area contributed by atoms with Crippen LogP contribution in [0.25, 0.3) is 11.0 Å². The van der Waals surface area contributed by atoms with Gasteiger partial charge in [0, 0.05) is 12.5 Å². The normalized spacial score (nSPS) is 10.6. The van der Waals surface area contributed by atoms with E-state index in [2.05, 4.69) is 24.4 Å². The summed E-state index contributed by atoms with van der Waals surface area (Å²) in [6, 6.07) is 5.76. The third-order valence-corrected chi connectivity index (χ3v) is 5.50. The van der Waals surface area contributed by atoms with E-state index in [0.717, 1.165) is 16.9 Å². The van der Waals surface area contributed by atoms with Crippen molar-refractivity contribution in [1.82, 2.24) is 19.9 Å². The molecule has 3 aromatic rings. The molecule has 0 atom stereocenters. The SMILES string of the molecule is CCn1c(CNC(=O)c2nc(Cl)c(N)nc2N)[n+](CCCC(=O)OC)c2ccc(OC)cc21.[I-]. The third-order valence-electron chi connectivity index (χ3n) is 5.22. The van der Waals surface area contributed by atoms with Gasteiger partial charge in [-0.05, 0) is 25.5 Å². The Hall–Kier alpha value is -2.87. The molecule has 3 rings (SSSR count). The standard InChI is InChI=1S/C21H26ClN7O4.HI/c1-4-28-14-10-12(32-2)7-8-13(14)29(9-5-6-16(30)33-3)15(28)11-25-21(31)17-19(23)27-20(24)18(22)26-17;/h7-8,10H,4-6,9,11H2,1-3H3,(H4-,23,24,25,27,31);1H. The van der Waals surface area contributed by atoms with Crippen LogP contribution in [-0.2, 0) is 29.2 Å². The molecule has 34 heavy (non-hydrogen) atoms. The Morgan fingerprint density at radius 1 is 1.21 bits per heavy atom. The molecule has 1 amide bonds. The van der Waals surface area contributed by atoms with Gasteiger partial charge in [-0.1, -0.05) is 11.6 Å². The maximum absolute atomic E-state index is 12.8. The zero-order valence-corrected chi connectivity index (χ0v) is 22.0. The van der Waals surface area contributed by atoms with Gasteiger partial charge in [0.2, 0.25) is 0 Å². The number of nitrogens with zero attached hydrogens (tertiary/aromatic N) is 4. The highest BCUT2D eigenvalue weighted by atomic mass is 127. The number of esters is 1. The summed E-state index contributed by atoms with van der Waals surface area (Å²) < 4.78 is 14.3. The zero-order chi connectivity index (χ0) is 24.1. The lowest BCUT2D eigenvalue weighted by Gasteiger charge is -2.08. The van der Waals surface area contributed by atoms with E-state index in [1.54, 1.807) is 7.11 Å². The molecular weight excluding hydrogens is 577 g/mol. The Balaban J connectivity index is 0.00000408. The van der Waals surface area contributed by atoms with Gasteiger partial charge in [0.05, 0.1) is 27.3 Å². The third kappa shape index (κ3) is 5.78. The fourth-order valence-corrected chi connectivity index (χ4v) is 3.75. The molecule has 0 aliphatic carbocycles. The Kier molecular flexibility index (Phi) is 9.67. The first-order valence-electron chi connectivity index (χ1n) is 10.3. The summed E-state index contributed by atoms with van der Waals surface area (Å²) in [6.07, 6.45) is 0.847. The van der Waals surface area contributed by atoms with Crippen LogP contribution in [-0.4, -0.2) is 40.6 Å². The maximum Gasteiger partial charge on any atom is 0.305 e. The molecule has 0 aliphatic heterocycles. The molecule has 1 aromatic carbocycles. The minimum absolute atomic E-state index is 0. The first-order chi connectivity index (χ1) is 15.8. The lowest BCUT2D eigenvalue weighted by atomic mass is 10.2. The molecule has 5 N–H and O–H groups in total. The van der Waals surface area contributed by atoms with Crippen LogP contribution in [0.2, 0.25) is 5.15 Å². The second-order valence-corrected chi connectivity index (χ2v) is 7.52. The number of hydrogen-bond donors (Lipinski definition) is 3. The van der Waals surface area contributed by atoms with E-state index in [9.17, 15) is 9.59 Å². The monoisotopic (exact) mass is 603 g/mol. The van der Waals surface area contributed by atoms with Gasteiger partial charge in [-0.15, -0.1) is 0 Å². The number of aryl methyl sites for hydroxylation is 2. The lowest BCUT2D eigenvalue weighted by Crippen LogP contribution is -3.00. The number of halogens is 2. The van der Waals surface area contributed by atoms with Gasteiger partial charge in [0.25, 0.3) is 11.7 Å². The molecule has 0 saturated heterocycles. The summed E-state index contributed by atoms with van der Waals surface area (Å²) in [5.74, 6) is 0.572. The summed E-state index contributed by atoms with van der Waals surface area (Å²) >= 11 is 5.90. The molecule has 184 valence electrons. The van der Waals surface area contributed by atoms with Crippen LogP contribution in [0.15, 0.2) is 18.2 Å². The fourth-order valence-electron chi connectivity index (χ4n) is 3.63. The number of fused-ring (bicyclic) bond motifs is 1. The van der Waals surface area contributed by atoms with Crippen molar-refractivity contribution in [3.8, 4) is 5.75 Å². The van der Waals surface area contributed by atoms with Gasteiger partial charge < -0.3 is 50.2 Å². The number of anilines is 2. The van der Waals surface area contributed by atoms with E-state index < -0.39 is 5.91 Å². The van der Waals surface area contributed by atoms with Crippen LogP contribution in [0.3, 0.4) is 0 Å². The predicted octanol–water partition coefficient (Wildman–Crippen LogP) is -1.55. The lowest BCUT2D eigenvalue weighted by molar-refractivity contribution is -0.680. The van der Waals surface area contributed by atoms with E-state index in [4.69, 9.17) is 32.5 Å². The van der Waals surface area contributed by atoms with Gasteiger partial charge in [-0.3, -0.25) is 9.59 Å². The Labute approximate surface area is 218 Å². The van der Waals surface area contributed by atoms with E-state index >= 15 is 0 Å². The van der Waals surface area contributed by atoms with Gasteiger partial charge >= 0.3 is 5.97 Å². The van der Waals surface area contributed by atoms with E-state index in [1.165, 1.54) is 7.11 Å². The summed E-state index contributed by atoms with van der Waals surface area (Å²) in [5, 5.41) is 2.74. The zero-order valence-electron chi connectivity index (χ0n) is 19.1. The molecule has 0 bridgehead atoms. The average molecular weight is 604 g/mol. The van der Waals surface area contributed by atoms with Gasteiger partial charge in [-0.2, -0.15) is 0 Å². The molecule has 0 saturated carbocycles. The molecule has 0 aliphatic rings. The van der Waals surface area contributed by atoms with Gasteiger partial charge in [-0.25, -0.2) is 19.1 Å². The van der Waals surface area contributed by atoms with Crippen molar-refractivity contribution in [3.63, 3.8) is 0 Å². The summed E-state index contributed by atoms with van der Waals surface area (Å²) in [7, 11) is 2.97. The molecule has 0 spiro atoms. The largest absolute Gasteiger partial charge is 1.00 e. The number of hydrogen-bond acceptors (Lipinski definition) is 8. The molecular formula is C21H27ClIN7O4. The first kappa shape index (κ1) is 27.4. The number of aromatic nitrogens is 4. The number of amides is 1. The van der Waals surface area contributed by atoms with E-state index in [-0.39, 0.29) is 65.4 Å². The number of ether oxygens (including phenoxy) is 2. The second kappa shape index (κ2) is 12.0. The van der Waals surface area contributed by atoms with Crippen LogP contribution in [0.4, 0.5) is 11.6 Å². The predicted molar refractivity (Wildman–Crippen MR) is 123 cm³/mol. The highest BCUT2D eigenvalue weighted by Gasteiger charge is 2.26. The number of imidazole rings is 1.